The van der Waals surface area contributed by atoms with E-state index in [1.54, 1.807) is 38.1 Å². The molecule has 0 bridgehead atoms. The average Bonchev–Trinajstić information content (AvgIpc) is 0.861. The number of nitrogens with one attached hydrogen (secondary N) is 6. The summed E-state index contributed by atoms with van der Waals surface area (Å²) in [6, 6.07) is 8.69. The maximum atomic E-state index is 14.0. The summed E-state index contributed by atoms with van der Waals surface area (Å²) in [6.45, 7) is 5.58. The fraction of sp³-hybridized carbons (Fsp3) is 0.724. The van der Waals surface area contributed by atoms with E-state index in [0.29, 0.717) is 173 Å². The van der Waals surface area contributed by atoms with Crippen LogP contribution >= 0.6 is 0 Å². The summed E-state index contributed by atoms with van der Waals surface area (Å²) in [7, 11) is 14.6. The van der Waals surface area contributed by atoms with Gasteiger partial charge in [0.25, 0.3) is 0 Å². The number of unbranched alkanes of at least 4 members (excludes halogenated alkanes) is 22. The number of nitrogens with two attached hydrogens (primary N) is 1. The lowest BCUT2D eigenvalue weighted by molar-refractivity contribution is -0.145. The number of aromatic carboxylic acids is 2. The molecule has 2 rings (SSSR count). The number of carboxylic acids is 5. The highest BCUT2D eigenvalue weighted by molar-refractivity contribution is 5.94. The highest BCUT2D eigenvalue weighted by atomic mass is 16.5. The Balaban J connectivity index is 1.66. The third-order valence-electron chi connectivity index (χ3n) is 24.0. The lowest BCUT2D eigenvalue weighted by atomic mass is 9.83. The van der Waals surface area contributed by atoms with Crippen molar-refractivity contribution in [2.75, 3.05) is 95.8 Å². The van der Waals surface area contributed by atoms with Crippen LogP contribution in [0.2, 0.25) is 0 Å². The predicted molar refractivity (Wildman–Crippen MR) is 504 cm³/mol. The minimum absolute atomic E-state index is 0.00450. The number of ether oxygens (including phenoxy) is 2. The molecule has 0 saturated heterocycles. The Hall–Kier alpha value is -9.31. The molecule has 33 heteroatoms. The molecule has 33 nitrogen and oxygen atoms in total. The predicted octanol–water partition coefficient (Wildman–Crippen LogP) is 12.1. The van der Waals surface area contributed by atoms with Crippen LogP contribution in [0.15, 0.2) is 48.5 Å². The summed E-state index contributed by atoms with van der Waals surface area (Å²) in [5, 5.41) is 64.9. The smallest absolute Gasteiger partial charge is 0.335 e. The van der Waals surface area contributed by atoms with E-state index in [4.69, 9.17) is 25.4 Å². The van der Waals surface area contributed by atoms with Crippen molar-refractivity contribution in [2.24, 2.45) is 17.6 Å². The molecule has 0 unspecified atom stereocenters. The second kappa shape index (κ2) is 69.5. The van der Waals surface area contributed by atoms with Crippen LogP contribution in [0.5, 0.6) is 11.5 Å². The summed E-state index contributed by atoms with van der Waals surface area (Å²) in [5.41, 5.74) is 5.37. The first kappa shape index (κ1) is 118. The number of hydrogen-bond donors (Lipinski definition) is 12. The van der Waals surface area contributed by atoms with Gasteiger partial charge in [0.05, 0.1) is 60.0 Å². The van der Waals surface area contributed by atoms with Gasteiger partial charge in [0.15, 0.2) is 5.78 Å². The quantitative estimate of drug-likeness (QED) is 0.0274. The number of rotatable bonds is 83. The third kappa shape index (κ3) is 55.7. The Morgan fingerprint density at radius 3 is 1.01 bits per heavy atom. The van der Waals surface area contributed by atoms with Gasteiger partial charge in [0.2, 0.25) is 35.4 Å². The number of likely N-dealkylation sites (N-methyl/N-ethyl adjacent to an activating group) is 4. The number of ketones is 4. The van der Waals surface area contributed by atoms with Crippen molar-refractivity contribution in [2.45, 2.75) is 351 Å². The molecule has 0 heterocycles. The van der Waals surface area contributed by atoms with Gasteiger partial charge in [-0.3, -0.25) is 72.3 Å². The van der Waals surface area contributed by atoms with Crippen LogP contribution in [-0.2, 0) is 62.3 Å². The van der Waals surface area contributed by atoms with Crippen LogP contribution in [0.3, 0.4) is 0 Å². The zero-order chi connectivity index (χ0) is 97.5. The number of aliphatic carboxylic acids is 3. The molecule has 13 N–H and O–H groups in total. The molecule has 0 spiro atoms. The summed E-state index contributed by atoms with van der Waals surface area (Å²) >= 11 is 0. The summed E-state index contributed by atoms with van der Waals surface area (Å²) < 4.78 is 11.4. The van der Waals surface area contributed by atoms with Crippen molar-refractivity contribution < 1.29 is 107 Å². The fourth-order valence-electron chi connectivity index (χ4n) is 15.7. The molecule has 2 aromatic rings. The molecule has 742 valence electrons. The number of benzene rings is 2. The molecule has 0 saturated carbocycles. The number of carboxylic acid groups (broad SMARTS) is 5. The number of Topliss-reactive ketones (excluding diaryl/α,β-unsaturated/α-hetero) is 4. The van der Waals surface area contributed by atoms with Crippen molar-refractivity contribution in [3.8, 4) is 11.5 Å². The molecule has 131 heavy (non-hydrogen) atoms. The molecule has 0 aliphatic carbocycles. The number of nitrogens with zero attached hydrogens (tertiary/aromatic N) is 4. The van der Waals surface area contributed by atoms with E-state index < -0.39 is 77.4 Å². The summed E-state index contributed by atoms with van der Waals surface area (Å²) in [4.78, 5) is 198. The van der Waals surface area contributed by atoms with Gasteiger partial charge >= 0.3 is 29.8 Å². The van der Waals surface area contributed by atoms with E-state index in [2.05, 4.69) is 31.9 Å². The first-order valence-electron chi connectivity index (χ1n) is 48.2. The largest absolute Gasteiger partial charge is 0.494 e. The molecule has 0 aliphatic heterocycles. The zero-order valence-corrected chi connectivity index (χ0v) is 80.5. The first-order valence-corrected chi connectivity index (χ1v) is 48.2. The van der Waals surface area contributed by atoms with E-state index in [1.165, 1.54) is 24.3 Å². The molecule has 6 amide bonds. The third-order valence-corrected chi connectivity index (χ3v) is 24.0. The molecule has 0 aliphatic rings. The Morgan fingerprint density at radius 1 is 0.321 bits per heavy atom. The normalized spacial score (nSPS) is 13.4. The SMILES string of the molecule is CN(C)[C@@H](CCCCNC(=O)CC[C@H](NC(=O)CCCCCCCCCCOc1ccc(C(=O)O)cc1)C(=O)O)C(=O)CCCCC[C@@H](C(=O)NCCCC[C@H](CC(=O)C(C)(C)N)C(=O)C[C@@H](CCCCNC(=O)[C@H](CCCCNC(=O)[C@H](CCCCCC(=O)CC[C@H](NC(=O)CCCCCCCCCCOc1ccc(C(=O)O)cc1)C(=O)O)N(C)C)N(C)C)C(=O)O)N(C)C. The number of carbonyl (C=O) groups excluding carboxylic acids is 10. The molecular weight excluding hydrogens is 1680 g/mol. The van der Waals surface area contributed by atoms with Gasteiger partial charge in [-0.05, 0) is 247 Å². The van der Waals surface area contributed by atoms with Gasteiger partial charge in [-0.25, -0.2) is 19.2 Å². The monoisotopic (exact) mass is 1850 g/mol. The van der Waals surface area contributed by atoms with Crippen LogP contribution < -0.4 is 47.1 Å². The zero-order valence-electron chi connectivity index (χ0n) is 80.5. The molecule has 2 aromatic carbocycles. The Kier molecular flexibility index (Phi) is 62.5. The maximum absolute atomic E-state index is 14.0. The Bertz CT molecular complexity index is 3700. The highest BCUT2D eigenvalue weighted by Crippen LogP contribution is 2.26. The van der Waals surface area contributed by atoms with Crippen LogP contribution in [-0.4, -0.2) is 271 Å². The van der Waals surface area contributed by atoms with Crippen LogP contribution in [0, 0.1) is 11.8 Å². The lowest BCUT2D eigenvalue weighted by Gasteiger charge is -2.24. The number of hydrogen-bond acceptors (Lipinski definition) is 22. The summed E-state index contributed by atoms with van der Waals surface area (Å²) in [5.74, 6) is -8.18. The van der Waals surface area contributed by atoms with Crippen molar-refractivity contribution in [1.82, 2.24) is 51.5 Å². The van der Waals surface area contributed by atoms with Gasteiger partial charge in [-0.1, -0.05) is 116 Å². The van der Waals surface area contributed by atoms with Gasteiger partial charge in [-0.2, -0.15) is 0 Å². The summed E-state index contributed by atoms with van der Waals surface area (Å²) in [6.07, 6.45) is 26.5. The standard InChI is InChI=1S/C98H163N11O22/c1-98(2,99)86(113)70-73(41-31-35-64-101-90(117)82(108(7)8)46-27-24-28-48-84(111)80(106(3)4)44-33-37-63-100-87(114)62-61-79(97(128)129)105-89(116)50-30-20-16-12-14-18-22-40-68-131-77-58-53-72(54-59-77)94(122)123)85(112)69-74(95(124)125)42-32-36-65-102-92(119)83(109(9)10)47-34-38-66-103-91(118)81(107(5)6)45-26-23-25-43-75(110)55-60-78(96(126)127)104-88(115)49-29-19-15-11-13-17-21-39-67-130-76-56-51-71(52-57-76)93(120)121/h51-54,56-59,73-74,78-83H,11-50,55,60-70,99H2,1-10H3,(H,100,114)(H,101,117)(H,102,119)(H,103,118)(H,104,115)(H,105,116)(H,120,121)(H,122,123)(H,124,125)(H,126,127)(H,128,129)/t73-,74-,78+,79+,80+,81+,82+,83+/m1/s1. The van der Waals surface area contributed by atoms with Crippen LogP contribution in [0.25, 0.3) is 0 Å². The van der Waals surface area contributed by atoms with Crippen LogP contribution in [0.4, 0.5) is 0 Å². The minimum Gasteiger partial charge on any atom is -0.494 e. The highest BCUT2D eigenvalue weighted by Gasteiger charge is 2.33. The topological polar surface area (TPSA) is 487 Å². The Morgan fingerprint density at radius 2 is 0.641 bits per heavy atom. The molecular formula is C98H163N11O22. The number of amides is 6. The maximum Gasteiger partial charge on any atom is 0.335 e. The van der Waals surface area contributed by atoms with E-state index in [9.17, 15) is 87.2 Å². The van der Waals surface area contributed by atoms with Crippen molar-refractivity contribution in [1.29, 1.82) is 0 Å². The molecule has 0 aromatic heterocycles. The second-order valence-electron chi connectivity index (χ2n) is 36.6. The van der Waals surface area contributed by atoms with E-state index in [1.807, 2.05) is 76.0 Å². The minimum atomic E-state index is -1.22. The average molecular weight is 1850 g/mol. The van der Waals surface area contributed by atoms with Gasteiger partial charge in [-0.15, -0.1) is 0 Å². The molecule has 0 radical (unpaired) electrons. The van der Waals surface area contributed by atoms with E-state index >= 15 is 0 Å². The van der Waals surface area contributed by atoms with Gasteiger partial charge in [0, 0.05) is 83.5 Å². The van der Waals surface area contributed by atoms with Crippen LogP contribution in [0.1, 0.15) is 330 Å². The number of carbonyl (C=O) groups is 15. The fourth-order valence-corrected chi connectivity index (χ4v) is 15.7. The lowest BCUT2D eigenvalue weighted by Crippen LogP contribution is -2.44. The molecule has 0 fully saturated rings. The second-order valence-corrected chi connectivity index (χ2v) is 36.6. The van der Waals surface area contributed by atoms with E-state index in [-0.39, 0.29) is 153 Å². The van der Waals surface area contributed by atoms with Crippen molar-refractivity contribution in [3.63, 3.8) is 0 Å². The first-order chi connectivity index (χ1) is 62.3. The molecule has 8 atom stereocenters. The Labute approximate surface area is 778 Å². The van der Waals surface area contributed by atoms with Gasteiger partial charge in [0.1, 0.15) is 40.9 Å². The van der Waals surface area contributed by atoms with Crippen molar-refractivity contribution in [3.05, 3.63) is 59.7 Å². The van der Waals surface area contributed by atoms with Gasteiger partial charge < -0.3 is 72.6 Å². The van der Waals surface area contributed by atoms with E-state index in [0.717, 1.165) is 96.3 Å². The van der Waals surface area contributed by atoms with Crippen molar-refractivity contribution >= 4 is 88.4 Å².